The largest absolute Gasteiger partial charge is 0.378 e. The van der Waals surface area contributed by atoms with Crippen molar-refractivity contribution in [2.24, 2.45) is 0 Å². The molecule has 0 bridgehead atoms. The van der Waals surface area contributed by atoms with Gasteiger partial charge >= 0.3 is 0 Å². The van der Waals surface area contributed by atoms with Gasteiger partial charge in [0.15, 0.2) is 5.78 Å². The number of hydrogen-bond acceptors (Lipinski definition) is 3. The lowest BCUT2D eigenvalue weighted by Gasteiger charge is -2.09. The number of halogens is 1. The highest BCUT2D eigenvalue weighted by atomic mass is 35.5. The van der Waals surface area contributed by atoms with Gasteiger partial charge in [-0.3, -0.25) is 9.48 Å². The first kappa shape index (κ1) is 13.6. The zero-order valence-electron chi connectivity index (χ0n) is 10.7. The van der Waals surface area contributed by atoms with Gasteiger partial charge in [-0.15, -0.1) is 0 Å². The fraction of sp³-hybridized carbons (Fsp3) is 0.692. The minimum absolute atomic E-state index is 0.0708. The van der Waals surface area contributed by atoms with E-state index in [1.54, 1.807) is 10.9 Å². The van der Waals surface area contributed by atoms with Crippen molar-refractivity contribution in [1.29, 1.82) is 0 Å². The van der Waals surface area contributed by atoms with Crippen LogP contribution >= 0.6 is 11.6 Å². The zero-order valence-corrected chi connectivity index (χ0v) is 11.4. The van der Waals surface area contributed by atoms with Crippen molar-refractivity contribution in [2.75, 3.05) is 6.61 Å². The smallest absolute Gasteiger partial charge is 0.182 e. The predicted octanol–water partition coefficient (Wildman–Crippen LogP) is 3.09. The van der Waals surface area contributed by atoms with E-state index in [9.17, 15) is 4.79 Å². The van der Waals surface area contributed by atoms with Gasteiger partial charge < -0.3 is 4.74 Å². The monoisotopic (exact) mass is 270 g/mol. The van der Waals surface area contributed by atoms with Gasteiger partial charge in [0, 0.05) is 19.6 Å². The Hall–Kier alpha value is -0.870. The minimum atomic E-state index is 0.0708. The van der Waals surface area contributed by atoms with Gasteiger partial charge in [-0.05, 0) is 25.7 Å². The Morgan fingerprint density at radius 1 is 1.67 bits per heavy atom. The highest BCUT2D eigenvalue weighted by Gasteiger charge is 2.21. The Kier molecular flexibility index (Phi) is 4.78. The molecule has 2 rings (SSSR count). The molecule has 0 aliphatic carbocycles. The molecule has 2 heterocycles. The van der Waals surface area contributed by atoms with Crippen molar-refractivity contribution in [3.8, 4) is 0 Å². The molecule has 1 aromatic rings. The summed E-state index contributed by atoms with van der Waals surface area (Å²) < 4.78 is 7.23. The first-order valence-electron chi connectivity index (χ1n) is 6.58. The van der Waals surface area contributed by atoms with Crippen LogP contribution in [0.1, 0.15) is 49.5 Å². The maximum atomic E-state index is 12.2. The Bertz CT molecular complexity index is 411. The molecule has 0 amide bonds. The van der Waals surface area contributed by atoms with E-state index in [4.69, 9.17) is 16.3 Å². The highest BCUT2D eigenvalue weighted by molar-refractivity contribution is 6.33. The van der Waals surface area contributed by atoms with Crippen molar-refractivity contribution in [3.05, 3.63) is 16.9 Å². The van der Waals surface area contributed by atoms with Crippen molar-refractivity contribution < 1.29 is 9.53 Å². The third kappa shape index (κ3) is 3.12. The van der Waals surface area contributed by atoms with Crippen molar-refractivity contribution in [3.63, 3.8) is 0 Å². The number of nitrogens with zero attached hydrogens (tertiary/aromatic N) is 2. The molecule has 1 aliphatic heterocycles. The quantitative estimate of drug-likeness (QED) is 0.746. The van der Waals surface area contributed by atoms with Gasteiger partial charge in [0.1, 0.15) is 5.69 Å². The Labute approximate surface area is 112 Å². The molecule has 0 aromatic carbocycles. The van der Waals surface area contributed by atoms with Crippen LogP contribution in [0.25, 0.3) is 0 Å². The van der Waals surface area contributed by atoms with Gasteiger partial charge in [-0.25, -0.2) is 0 Å². The molecule has 0 N–H and O–H groups in total. The fourth-order valence-corrected chi connectivity index (χ4v) is 2.55. The van der Waals surface area contributed by atoms with Crippen LogP contribution in [0.15, 0.2) is 6.20 Å². The van der Waals surface area contributed by atoms with E-state index >= 15 is 0 Å². The molecule has 1 saturated heterocycles. The second-order valence-electron chi connectivity index (χ2n) is 4.66. The molecule has 0 spiro atoms. The molecular weight excluding hydrogens is 252 g/mol. The number of ether oxygens (including phenoxy) is 1. The number of carbonyl (C=O) groups is 1. The van der Waals surface area contributed by atoms with Gasteiger partial charge in [0.25, 0.3) is 0 Å². The number of aryl methyl sites for hydroxylation is 1. The molecule has 0 saturated carbocycles. The molecule has 100 valence electrons. The molecular formula is C13H19ClN2O2. The van der Waals surface area contributed by atoms with E-state index in [0.717, 1.165) is 38.8 Å². The summed E-state index contributed by atoms with van der Waals surface area (Å²) in [5, 5.41) is 4.60. The summed E-state index contributed by atoms with van der Waals surface area (Å²) in [4.78, 5) is 12.2. The van der Waals surface area contributed by atoms with E-state index in [2.05, 4.69) is 12.0 Å². The second kappa shape index (κ2) is 6.34. The second-order valence-corrected chi connectivity index (χ2v) is 5.07. The first-order chi connectivity index (χ1) is 8.72. The summed E-state index contributed by atoms with van der Waals surface area (Å²) in [6, 6.07) is 0. The third-order valence-corrected chi connectivity index (χ3v) is 3.49. The van der Waals surface area contributed by atoms with Crippen LogP contribution in [0.2, 0.25) is 5.02 Å². The average molecular weight is 271 g/mol. The molecule has 5 heteroatoms. The number of aromatic nitrogens is 2. The van der Waals surface area contributed by atoms with Crippen LogP contribution < -0.4 is 0 Å². The van der Waals surface area contributed by atoms with Crippen molar-refractivity contribution in [1.82, 2.24) is 9.78 Å². The van der Waals surface area contributed by atoms with Gasteiger partial charge in [0.2, 0.25) is 0 Å². The SMILES string of the molecule is CCCn1ncc(Cl)c1C(=O)CCC1CCCO1. The molecule has 18 heavy (non-hydrogen) atoms. The Morgan fingerprint density at radius 2 is 2.50 bits per heavy atom. The predicted molar refractivity (Wildman–Crippen MR) is 70.1 cm³/mol. The zero-order chi connectivity index (χ0) is 13.0. The lowest BCUT2D eigenvalue weighted by atomic mass is 10.1. The standard InChI is InChI=1S/C13H19ClN2O2/c1-2-7-16-13(11(14)9-15-16)12(17)6-5-10-4-3-8-18-10/h9-10H,2-8H2,1H3. The maximum Gasteiger partial charge on any atom is 0.182 e. The summed E-state index contributed by atoms with van der Waals surface area (Å²) in [5.74, 6) is 0.0708. The maximum absolute atomic E-state index is 12.2. The number of rotatable bonds is 6. The van der Waals surface area contributed by atoms with E-state index in [1.165, 1.54) is 0 Å². The van der Waals surface area contributed by atoms with Crippen LogP contribution in [0.4, 0.5) is 0 Å². The molecule has 1 fully saturated rings. The third-order valence-electron chi connectivity index (χ3n) is 3.21. The number of ketones is 1. The average Bonchev–Trinajstić information content (AvgIpc) is 2.97. The van der Waals surface area contributed by atoms with E-state index in [0.29, 0.717) is 17.1 Å². The van der Waals surface area contributed by atoms with Crippen LogP contribution in [0, 0.1) is 0 Å². The molecule has 1 aromatic heterocycles. The number of carbonyl (C=O) groups excluding carboxylic acids is 1. The Balaban J connectivity index is 1.96. The van der Waals surface area contributed by atoms with Gasteiger partial charge in [-0.1, -0.05) is 18.5 Å². The summed E-state index contributed by atoms with van der Waals surface area (Å²) >= 11 is 6.04. The summed E-state index contributed by atoms with van der Waals surface area (Å²) in [5.41, 5.74) is 0.552. The molecule has 1 aliphatic rings. The van der Waals surface area contributed by atoms with Crippen LogP contribution in [-0.4, -0.2) is 28.3 Å². The summed E-state index contributed by atoms with van der Waals surface area (Å²) in [7, 11) is 0. The lowest BCUT2D eigenvalue weighted by Crippen LogP contribution is -2.14. The van der Waals surface area contributed by atoms with Crippen LogP contribution in [0.5, 0.6) is 0 Å². The summed E-state index contributed by atoms with van der Waals surface area (Å²) in [6.45, 7) is 3.61. The first-order valence-corrected chi connectivity index (χ1v) is 6.96. The van der Waals surface area contributed by atoms with E-state index < -0.39 is 0 Å². The molecule has 1 atom stereocenters. The lowest BCUT2D eigenvalue weighted by molar-refractivity contribution is 0.0852. The fourth-order valence-electron chi connectivity index (χ4n) is 2.30. The minimum Gasteiger partial charge on any atom is -0.378 e. The number of hydrogen-bond donors (Lipinski definition) is 0. The Morgan fingerprint density at radius 3 is 3.17 bits per heavy atom. The highest BCUT2D eigenvalue weighted by Crippen LogP contribution is 2.21. The van der Waals surface area contributed by atoms with E-state index in [-0.39, 0.29) is 11.9 Å². The van der Waals surface area contributed by atoms with Crippen LogP contribution in [0.3, 0.4) is 0 Å². The van der Waals surface area contributed by atoms with E-state index in [1.807, 2.05) is 0 Å². The van der Waals surface area contributed by atoms with Crippen molar-refractivity contribution >= 4 is 17.4 Å². The number of Topliss-reactive ketones (excluding diaryl/α,β-unsaturated/α-hetero) is 1. The molecule has 0 radical (unpaired) electrons. The topological polar surface area (TPSA) is 44.1 Å². The normalized spacial score (nSPS) is 19.3. The van der Waals surface area contributed by atoms with Gasteiger partial charge in [-0.2, -0.15) is 5.10 Å². The van der Waals surface area contributed by atoms with Gasteiger partial charge in [0.05, 0.1) is 17.3 Å². The molecule has 4 nitrogen and oxygen atoms in total. The molecule has 1 unspecified atom stereocenters. The van der Waals surface area contributed by atoms with Crippen molar-refractivity contribution in [2.45, 2.75) is 51.7 Å². The summed E-state index contributed by atoms with van der Waals surface area (Å²) in [6.07, 6.45) is 6.17. The van der Waals surface area contributed by atoms with Crippen LogP contribution in [-0.2, 0) is 11.3 Å².